The van der Waals surface area contributed by atoms with Crippen LogP contribution in [0.4, 0.5) is 0 Å². The number of benzene rings is 2. The van der Waals surface area contributed by atoms with E-state index in [0.717, 1.165) is 29.5 Å². The number of nitrogens with zero attached hydrogens (tertiary/aromatic N) is 1. The molecule has 1 heterocycles. The minimum Gasteiger partial charge on any atom is -0.459 e. The summed E-state index contributed by atoms with van der Waals surface area (Å²) < 4.78 is 10.6. The summed E-state index contributed by atoms with van der Waals surface area (Å²) in [5, 5.41) is 9.16. The fraction of sp³-hybridized carbons (Fsp3) is 0.263. The Hall–Kier alpha value is -2.64. The SMILES string of the molecule is N#Cc1ccccc1-c1ccc(COC(=O)[C@@H]2CCCO2)cc1. The van der Waals surface area contributed by atoms with Crippen LogP contribution < -0.4 is 0 Å². The predicted molar refractivity (Wildman–Crippen MR) is 85.4 cm³/mol. The van der Waals surface area contributed by atoms with Gasteiger partial charge in [-0.05, 0) is 35.6 Å². The summed E-state index contributed by atoms with van der Waals surface area (Å²) in [6.07, 6.45) is 1.24. The Morgan fingerprint density at radius 2 is 2.00 bits per heavy atom. The van der Waals surface area contributed by atoms with Gasteiger partial charge in [-0.3, -0.25) is 0 Å². The van der Waals surface area contributed by atoms with E-state index in [-0.39, 0.29) is 12.6 Å². The molecule has 3 rings (SSSR count). The molecule has 0 unspecified atom stereocenters. The summed E-state index contributed by atoms with van der Waals surface area (Å²) in [7, 11) is 0. The van der Waals surface area contributed by atoms with Crippen molar-refractivity contribution in [3.8, 4) is 17.2 Å². The first-order valence-electron chi connectivity index (χ1n) is 7.64. The number of rotatable bonds is 4. The first-order valence-corrected chi connectivity index (χ1v) is 7.64. The van der Waals surface area contributed by atoms with Crippen molar-refractivity contribution in [2.75, 3.05) is 6.61 Å². The standard InChI is InChI=1S/C19H17NO3/c20-12-16-4-1-2-5-17(16)15-9-7-14(8-10-15)13-23-19(21)18-6-3-11-22-18/h1-2,4-5,7-10,18H,3,6,11,13H2/t18-/m0/s1. The number of esters is 1. The molecule has 1 aliphatic heterocycles. The van der Waals surface area contributed by atoms with E-state index in [2.05, 4.69) is 6.07 Å². The zero-order chi connectivity index (χ0) is 16.1. The van der Waals surface area contributed by atoms with Crippen molar-refractivity contribution in [2.45, 2.75) is 25.6 Å². The first kappa shape index (κ1) is 15.3. The molecule has 0 bridgehead atoms. The quantitative estimate of drug-likeness (QED) is 0.812. The van der Waals surface area contributed by atoms with Gasteiger partial charge in [-0.1, -0.05) is 42.5 Å². The van der Waals surface area contributed by atoms with Gasteiger partial charge in [0.05, 0.1) is 11.6 Å². The molecule has 0 spiro atoms. The van der Waals surface area contributed by atoms with E-state index in [0.29, 0.717) is 12.2 Å². The molecule has 4 heteroatoms. The largest absolute Gasteiger partial charge is 0.459 e. The third-order valence-electron chi connectivity index (χ3n) is 3.89. The monoisotopic (exact) mass is 307 g/mol. The highest BCUT2D eigenvalue weighted by molar-refractivity contribution is 5.75. The molecule has 0 amide bonds. The fourth-order valence-corrected chi connectivity index (χ4v) is 2.62. The van der Waals surface area contributed by atoms with E-state index in [9.17, 15) is 4.79 Å². The molecule has 0 aliphatic carbocycles. The second-order valence-corrected chi connectivity index (χ2v) is 5.46. The molecule has 4 nitrogen and oxygen atoms in total. The van der Waals surface area contributed by atoms with Crippen LogP contribution in [0, 0.1) is 11.3 Å². The third-order valence-corrected chi connectivity index (χ3v) is 3.89. The van der Waals surface area contributed by atoms with Gasteiger partial charge in [0.1, 0.15) is 6.61 Å². The molecule has 1 saturated heterocycles. The number of carbonyl (C=O) groups excluding carboxylic acids is 1. The molecule has 116 valence electrons. The maximum absolute atomic E-state index is 11.8. The molecular weight excluding hydrogens is 290 g/mol. The lowest BCUT2D eigenvalue weighted by molar-refractivity contribution is -0.155. The van der Waals surface area contributed by atoms with Crippen LogP contribution in [0.5, 0.6) is 0 Å². The van der Waals surface area contributed by atoms with E-state index in [4.69, 9.17) is 14.7 Å². The first-order chi connectivity index (χ1) is 11.3. The zero-order valence-electron chi connectivity index (χ0n) is 12.7. The number of hydrogen-bond donors (Lipinski definition) is 0. The van der Waals surface area contributed by atoms with E-state index in [1.165, 1.54) is 0 Å². The Bertz CT molecular complexity index is 725. The lowest BCUT2D eigenvalue weighted by Crippen LogP contribution is -2.21. The minimum atomic E-state index is -0.406. The van der Waals surface area contributed by atoms with Crippen LogP contribution in [0.3, 0.4) is 0 Å². The molecule has 1 atom stereocenters. The Morgan fingerprint density at radius 3 is 2.70 bits per heavy atom. The maximum atomic E-state index is 11.8. The molecule has 0 saturated carbocycles. The van der Waals surface area contributed by atoms with Crippen molar-refractivity contribution in [3.05, 3.63) is 59.7 Å². The lowest BCUT2D eigenvalue weighted by Gasteiger charge is -2.10. The van der Waals surface area contributed by atoms with Crippen LogP contribution >= 0.6 is 0 Å². The highest BCUT2D eigenvalue weighted by Gasteiger charge is 2.24. The molecule has 0 radical (unpaired) electrons. The van der Waals surface area contributed by atoms with Crippen molar-refractivity contribution in [1.82, 2.24) is 0 Å². The van der Waals surface area contributed by atoms with Gasteiger partial charge in [-0.2, -0.15) is 5.26 Å². The smallest absolute Gasteiger partial charge is 0.335 e. The average molecular weight is 307 g/mol. The number of hydrogen-bond acceptors (Lipinski definition) is 4. The second kappa shape index (κ2) is 7.08. The summed E-state index contributed by atoms with van der Waals surface area (Å²) in [5.74, 6) is -0.290. The van der Waals surface area contributed by atoms with Crippen LogP contribution in [0.1, 0.15) is 24.0 Å². The van der Waals surface area contributed by atoms with E-state index in [1.54, 1.807) is 6.07 Å². The third kappa shape index (κ3) is 3.58. The highest BCUT2D eigenvalue weighted by atomic mass is 16.6. The van der Waals surface area contributed by atoms with Gasteiger partial charge in [0.25, 0.3) is 0 Å². The molecule has 2 aromatic rings. The zero-order valence-corrected chi connectivity index (χ0v) is 12.7. The summed E-state index contributed by atoms with van der Waals surface area (Å²) in [5.41, 5.74) is 3.42. The molecular formula is C19H17NO3. The van der Waals surface area contributed by atoms with Gasteiger partial charge >= 0.3 is 5.97 Å². The van der Waals surface area contributed by atoms with Crippen LogP contribution in [0.15, 0.2) is 48.5 Å². The van der Waals surface area contributed by atoms with Gasteiger partial charge in [0.15, 0.2) is 6.10 Å². The Balaban J connectivity index is 1.65. The van der Waals surface area contributed by atoms with Gasteiger partial charge in [-0.25, -0.2) is 4.79 Å². The van der Waals surface area contributed by atoms with Crippen molar-refractivity contribution >= 4 is 5.97 Å². The van der Waals surface area contributed by atoms with E-state index in [1.807, 2.05) is 42.5 Å². The van der Waals surface area contributed by atoms with Gasteiger partial charge in [0.2, 0.25) is 0 Å². The Labute approximate surface area is 135 Å². The van der Waals surface area contributed by atoms with Crippen LogP contribution in [-0.4, -0.2) is 18.7 Å². The summed E-state index contributed by atoms with van der Waals surface area (Å²) in [6.45, 7) is 0.867. The second-order valence-electron chi connectivity index (χ2n) is 5.46. The molecule has 23 heavy (non-hydrogen) atoms. The topological polar surface area (TPSA) is 59.3 Å². The van der Waals surface area contributed by atoms with E-state index >= 15 is 0 Å². The minimum absolute atomic E-state index is 0.235. The maximum Gasteiger partial charge on any atom is 0.335 e. The summed E-state index contributed by atoms with van der Waals surface area (Å²) in [4.78, 5) is 11.8. The molecule has 2 aromatic carbocycles. The van der Waals surface area contributed by atoms with Crippen molar-refractivity contribution in [3.63, 3.8) is 0 Å². The Morgan fingerprint density at radius 1 is 1.22 bits per heavy atom. The number of ether oxygens (including phenoxy) is 2. The van der Waals surface area contributed by atoms with Gasteiger partial charge in [-0.15, -0.1) is 0 Å². The van der Waals surface area contributed by atoms with Gasteiger partial charge < -0.3 is 9.47 Å². The van der Waals surface area contributed by atoms with Crippen LogP contribution in [0.25, 0.3) is 11.1 Å². The predicted octanol–water partition coefficient (Wildman–Crippen LogP) is 3.45. The average Bonchev–Trinajstić information content (AvgIpc) is 3.15. The number of nitriles is 1. The fourth-order valence-electron chi connectivity index (χ4n) is 2.62. The lowest BCUT2D eigenvalue weighted by atomic mass is 9.99. The van der Waals surface area contributed by atoms with Gasteiger partial charge in [0, 0.05) is 6.61 Å². The van der Waals surface area contributed by atoms with Crippen molar-refractivity contribution in [2.24, 2.45) is 0 Å². The number of carbonyl (C=O) groups is 1. The normalized spacial score (nSPS) is 16.7. The molecule has 1 fully saturated rings. The highest BCUT2D eigenvalue weighted by Crippen LogP contribution is 2.23. The van der Waals surface area contributed by atoms with Crippen LogP contribution in [0.2, 0.25) is 0 Å². The molecule has 0 N–H and O–H groups in total. The van der Waals surface area contributed by atoms with E-state index < -0.39 is 6.10 Å². The Kier molecular flexibility index (Phi) is 4.70. The molecule has 1 aliphatic rings. The van der Waals surface area contributed by atoms with Crippen molar-refractivity contribution < 1.29 is 14.3 Å². The van der Waals surface area contributed by atoms with Crippen LogP contribution in [-0.2, 0) is 20.9 Å². The summed E-state index contributed by atoms with van der Waals surface area (Å²) >= 11 is 0. The molecule has 0 aromatic heterocycles. The summed E-state index contributed by atoms with van der Waals surface area (Å²) in [6, 6.07) is 17.4. The van der Waals surface area contributed by atoms with Crippen molar-refractivity contribution in [1.29, 1.82) is 5.26 Å².